The van der Waals surface area contributed by atoms with Crippen LogP contribution in [0, 0.1) is 0 Å². The summed E-state index contributed by atoms with van der Waals surface area (Å²) in [7, 11) is 1.28. The zero-order valence-electron chi connectivity index (χ0n) is 11.1. The molecule has 2 rings (SSSR count). The number of methoxy groups -OCH3 is 1. The van der Waals surface area contributed by atoms with Gasteiger partial charge in [-0.25, -0.2) is 0 Å². The number of amides is 1. The minimum atomic E-state index is -0.439. The molecule has 1 amide bonds. The van der Waals surface area contributed by atoms with Gasteiger partial charge in [0, 0.05) is 25.1 Å². The zero-order chi connectivity index (χ0) is 14.7. The van der Waals surface area contributed by atoms with Crippen molar-refractivity contribution >= 4 is 34.7 Å². The highest BCUT2D eigenvalue weighted by Crippen LogP contribution is 2.26. The van der Waals surface area contributed by atoms with E-state index < -0.39 is 5.97 Å². The Morgan fingerprint density at radius 3 is 2.95 bits per heavy atom. The molecule has 0 aliphatic carbocycles. The van der Waals surface area contributed by atoms with E-state index in [1.54, 1.807) is 0 Å². The summed E-state index contributed by atoms with van der Waals surface area (Å²) in [4.78, 5) is 39.5. The van der Waals surface area contributed by atoms with Crippen molar-refractivity contribution in [2.75, 3.05) is 18.6 Å². The van der Waals surface area contributed by atoms with Crippen molar-refractivity contribution < 1.29 is 19.1 Å². The fraction of sp³-hybridized carbons (Fsp3) is 0.545. The van der Waals surface area contributed by atoms with Crippen LogP contribution in [-0.2, 0) is 25.5 Å². The Morgan fingerprint density at radius 2 is 2.30 bits per heavy atom. The van der Waals surface area contributed by atoms with E-state index in [4.69, 9.17) is 0 Å². The predicted molar refractivity (Wildman–Crippen MR) is 71.1 cm³/mol. The summed E-state index contributed by atoms with van der Waals surface area (Å²) < 4.78 is 4.52. The van der Waals surface area contributed by atoms with Gasteiger partial charge in [-0.05, 0) is 0 Å². The van der Waals surface area contributed by atoms with Crippen LogP contribution in [0.1, 0.15) is 19.2 Å². The Balaban J connectivity index is 2.03. The Bertz CT molecular complexity index is 544. The largest absolute Gasteiger partial charge is 0.469 e. The molecule has 1 aliphatic rings. The normalized spacial score (nSPS) is 18.4. The minimum absolute atomic E-state index is 0.0222. The summed E-state index contributed by atoms with van der Waals surface area (Å²) in [6.45, 7) is 1.86. The molecule has 0 radical (unpaired) electrons. The molecule has 0 saturated carbocycles. The Kier molecular flexibility index (Phi) is 4.38. The molecule has 1 aliphatic heterocycles. The lowest BCUT2D eigenvalue weighted by Gasteiger charge is -2.10. The van der Waals surface area contributed by atoms with Crippen molar-refractivity contribution in [2.24, 2.45) is 0 Å². The summed E-state index contributed by atoms with van der Waals surface area (Å²) in [6, 6.07) is 0. The standard InChI is InChI=1S/C11H14N4O4S/c1-6(16)20-7-3-9(17)15(5-7)11-12-8(13-14-11)4-10(18)19-2/h7H,3-5H2,1-2H3,(H,12,13,14). The number of aromatic amines is 1. The number of thioether (sulfide) groups is 1. The molecule has 0 spiro atoms. The first-order valence-corrected chi connectivity index (χ1v) is 6.83. The van der Waals surface area contributed by atoms with Crippen molar-refractivity contribution in [3.8, 4) is 0 Å². The highest BCUT2D eigenvalue weighted by molar-refractivity contribution is 8.14. The van der Waals surface area contributed by atoms with E-state index in [2.05, 4.69) is 19.9 Å². The van der Waals surface area contributed by atoms with Crippen LogP contribution in [-0.4, -0.2) is 51.1 Å². The quantitative estimate of drug-likeness (QED) is 0.774. The number of H-pyrrole nitrogens is 1. The summed E-state index contributed by atoms with van der Waals surface area (Å²) >= 11 is 1.14. The lowest BCUT2D eigenvalue weighted by molar-refractivity contribution is -0.139. The maximum absolute atomic E-state index is 11.9. The van der Waals surface area contributed by atoms with Crippen molar-refractivity contribution in [3.63, 3.8) is 0 Å². The number of hydrogen-bond acceptors (Lipinski definition) is 7. The monoisotopic (exact) mass is 298 g/mol. The number of nitrogens with zero attached hydrogens (tertiary/aromatic N) is 3. The predicted octanol–water partition coefficient (Wildman–Crippen LogP) is -0.0948. The second-order valence-electron chi connectivity index (χ2n) is 4.27. The van der Waals surface area contributed by atoms with E-state index in [-0.39, 0.29) is 35.1 Å². The van der Waals surface area contributed by atoms with E-state index in [0.717, 1.165) is 11.8 Å². The lowest BCUT2D eigenvalue weighted by atomic mass is 10.4. The molecule has 1 N–H and O–H groups in total. The van der Waals surface area contributed by atoms with Crippen LogP contribution in [0.4, 0.5) is 5.95 Å². The third kappa shape index (κ3) is 3.35. The fourth-order valence-corrected chi connectivity index (χ4v) is 2.79. The number of aromatic nitrogens is 3. The molecule has 1 saturated heterocycles. The fourth-order valence-electron chi connectivity index (χ4n) is 1.88. The second kappa shape index (κ2) is 6.04. The van der Waals surface area contributed by atoms with Gasteiger partial charge in [-0.15, -0.1) is 5.10 Å². The molecule has 1 aromatic heterocycles. The van der Waals surface area contributed by atoms with E-state index in [1.807, 2.05) is 0 Å². The molecule has 8 nitrogen and oxygen atoms in total. The summed E-state index contributed by atoms with van der Waals surface area (Å²) in [5.41, 5.74) is 0. The number of anilines is 1. The first-order chi connectivity index (χ1) is 9.49. The van der Waals surface area contributed by atoms with Gasteiger partial charge in [0.25, 0.3) is 5.95 Å². The highest BCUT2D eigenvalue weighted by atomic mass is 32.2. The molecular weight excluding hydrogens is 284 g/mol. The molecule has 20 heavy (non-hydrogen) atoms. The molecule has 1 unspecified atom stereocenters. The first kappa shape index (κ1) is 14.5. The van der Waals surface area contributed by atoms with Crippen LogP contribution in [0.25, 0.3) is 0 Å². The Labute approximate surface area is 119 Å². The molecule has 0 bridgehead atoms. The number of ether oxygens (including phenoxy) is 1. The van der Waals surface area contributed by atoms with E-state index in [0.29, 0.717) is 12.4 Å². The van der Waals surface area contributed by atoms with Gasteiger partial charge in [-0.3, -0.25) is 24.4 Å². The lowest BCUT2D eigenvalue weighted by Crippen LogP contribution is -2.26. The summed E-state index contributed by atoms with van der Waals surface area (Å²) in [5.74, 6) is -0.0132. The van der Waals surface area contributed by atoms with E-state index >= 15 is 0 Å². The number of nitrogens with one attached hydrogen (secondary N) is 1. The van der Waals surface area contributed by atoms with Gasteiger partial charge < -0.3 is 4.74 Å². The van der Waals surface area contributed by atoms with Gasteiger partial charge in [-0.1, -0.05) is 11.8 Å². The van der Waals surface area contributed by atoms with E-state index in [1.165, 1.54) is 18.9 Å². The van der Waals surface area contributed by atoms with E-state index in [9.17, 15) is 14.4 Å². The van der Waals surface area contributed by atoms with Gasteiger partial charge in [-0.2, -0.15) is 4.98 Å². The van der Waals surface area contributed by atoms with Gasteiger partial charge >= 0.3 is 5.97 Å². The van der Waals surface area contributed by atoms with Crippen LogP contribution in [0.5, 0.6) is 0 Å². The van der Waals surface area contributed by atoms with Crippen LogP contribution in [0.3, 0.4) is 0 Å². The van der Waals surface area contributed by atoms with Crippen LogP contribution in [0.2, 0.25) is 0 Å². The molecule has 9 heteroatoms. The SMILES string of the molecule is COC(=O)Cc1nc(N2CC(SC(C)=O)CC2=O)n[nH]1. The number of carbonyl (C=O) groups is 3. The molecule has 1 fully saturated rings. The van der Waals surface area contributed by atoms with Crippen molar-refractivity contribution in [1.29, 1.82) is 0 Å². The van der Waals surface area contributed by atoms with Gasteiger partial charge in [0.1, 0.15) is 12.2 Å². The van der Waals surface area contributed by atoms with Gasteiger partial charge in [0.15, 0.2) is 5.12 Å². The Hall–Kier alpha value is -1.90. The topological polar surface area (TPSA) is 105 Å². The molecule has 2 heterocycles. The van der Waals surface area contributed by atoms with Crippen LogP contribution >= 0.6 is 11.8 Å². The average Bonchev–Trinajstić information content (AvgIpc) is 2.95. The van der Waals surface area contributed by atoms with Crippen molar-refractivity contribution in [3.05, 3.63) is 5.82 Å². The zero-order valence-corrected chi connectivity index (χ0v) is 11.9. The van der Waals surface area contributed by atoms with Crippen LogP contribution in [0.15, 0.2) is 0 Å². The maximum atomic E-state index is 11.9. The second-order valence-corrected chi connectivity index (χ2v) is 5.75. The average molecular weight is 298 g/mol. The molecule has 0 aromatic carbocycles. The van der Waals surface area contributed by atoms with Gasteiger partial charge in [0.05, 0.1) is 7.11 Å². The Morgan fingerprint density at radius 1 is 1.55 bits per heavy atom. The van der Waals surface area contributed by atoms with Crippen LogP contribution < -0.4 is 4.90 Å². The van der Waals surface area contributed by atoms with Gasteiger partial charge in [0.2, 0.25) is 5.91 Å². The minimum Gasteiger partial charge on any atom is -0.469 e. The molecule has 108 valence electrons. The molecular formula is C11H14N4O4S. The highest BCUT2D eigenvalue weighted by Gasteiger charge is 2.34. The number of rotatable bonds is 4. The summed E-state index contributed by atoms with van der Waals surface area (Å²) in [6.07, 6.45) is 0.252. The van der Waals surface area contributed by atoms with Crippen molar-refractivity contribution in [2.45, 2.75) is 25.0 Å². The number of esters is 1. The summed E-state index contributed by atoms with van der Waals surface area (Å²) in [5, 5.41) is 6.41. The smallest absolute Gasteiger partial charge is 0.313 e. The third-order valence-corrected chi connectivity index (χ3v) is 3.70. The first-order valence-electron chi connectivity index (χ1n) is 5.95. The number of hydrogen-bond donors (Lipinski definition) is 1. The number of carbonyl (C=O) groups excluding carboxylic acids is 3. The third-order valence-electron chi connectivity index (χ3n) is 2.72. The van der Waals surface area contributed by atoms with Crippen molar-refractivity contribution in [1.82, 2.24) is 15.2 Å². The maximum Gasteiger partial charge on any atom is 0.313 e. The molecule has 1 aromatic rings. The molecule has 1 atom stereocenters.